The number of nitrogens with two attached hydrogens (primary N) is 1. The molecule has 3 nitrogen and oxygen atoms in total. The van der Waals surface area contributed by atoms with E-state index in [-0.39, 0.29) is 6.04 Å². The zero-order valence-electron chi connectivity index (χ0n) is 9.72. The van der Waals surface area contributed by atoms with Gasteiger partial charge in [-0.05, 0) is 24.6 Å². The Hall–Kier alpha value is -0.970. The monoisotopic (exact) mass is 267 g/mol. The molecule has 2 rings (SSSR count). The van der Waals surface area contributed by atoms with Crippen molar-refractivity contribution in [2.75, 3.05) is 0 Å². The first kappa shape index (κ1) is 12.5. The van der Waals surface area contributed by atoms with Gasteiger partial charge in [0.05, 0.1) is 16.1 Å². The number of hydrogen-bond acceptors (Lipinski definition) is 3. The third-order valence-electron chi connectivity index (χ3n) is 2.39. The maximum Gasteiger partial charge on any atom is 0.0629 e. The maximum absolute atomic E-state index is 6.23. The van der Waals surface area contributed by atoms with Crippen LogP contribution in [0.25, 0.3) is 0 Å². The molecule has 0 saturated carbocycles. The lowest BCUT2D eigenvalue weighted by Crippen LogP contribution is -2.04. The van der Waals surface area contributed by atoms with Crippen LogP contribution in [0.15, 0.2) is 40.4 Å². The van der Waals surface area contributed by atoms with E-state index in [1.54, 1.807) is 16.4 Å². The standard InChI is InChI=1S/C12H14ClN3S/c1-8(14)9-3-4-12(11(13)5-9)17-10-6-15-16(2)7-10/h3-8H,14H2,1-2H3. The quantitative estimate of drug-likeness (QED) is 0.928. The second kappa shape index (κ2) is 5.12. The van der Waals surface area contributed by atoms with Gasteiger partial charge in [-0.3, -0.25) is 4.68 Å². The minimum absolute atomic E-state index is 0.00458. The Morgan fingerprint density at radius 1 is 1.47 bits per heavy atom. The van der Waals surface area contributed by atoms with Gasteiger partial charge in [0.15, 0.2) is 0 Å². The summed E-state index contributed by atoms with van der Waals surface area (Å²) in [5.41, 5.74) is 6.86. The Morgan fingerprint density at radius 3 is 2.76 bits per heavy atom. The van der Waals surface area contributed by atoms with Gasteiger partial charge in [0.1, 0.15) is 0 Å². The Kier molecular flexibility index (Phi) is 3.76. The van der Waals surface area contributed by atoms with Crippen LogP contribution >= 0.6 is 23.4 Å². The van der Waals surface area contributed by atoms with Crippen molar-refractivity contribution in [1.82, 2.24) is 9.78 Å². The normalized spacial score (nSPS) is 12.7. The number of halogens is 1. The smallest absolute Gasteiger partial charge is 0.0629 e. The van der Waals surface area contributed by atoms with Crippen molar-refractivity contribution in [2.45, 2.75) is 22.8 Å². The molecule has 17 heavy (non-hydrogen) atoms. The van der Waals surface area contributed by atoms with E-state index in [2.05, 4.69) is 5.10 Å². The van der Waals surface area contributed by atoms with Gasteiger partial charge in [-0.15, -0.1) is 0 Å². The Morgan fingerprint density at radius 2 is 2.24 bits per heavy atom. The highest BCUT2D eigenvalue weighted by Gasteiger charge is 2.07. The van der Waals surface area contributed by atoms with Crippen LogP contribution in [0.1, 0.15) is 18.5 Å². The fraction of sp³-hybridized carbons (Fsp3) is 0.250. The Labute approximate surface area is 110 Å². The third-order valence-corrected chi connectivity index (χ3v) is 3.84. The van der Waals surface area contributed by atoms with Crippen LogP contribution in [0.2, 0.25) is 5.02 Å². The molecule has 2 N–H and O–H groups in total. The van der Waals surface area contributed by atoms with Gasteiger partial charge in [-0.2, -0.15) is 5.10 Å². The minimum atomic E-state index is 0.00458. The van der Waals surface area contributed by atoms with Crippen LogP contribution in [0, 0.1) is 0 Å². The van der Waals surface area contributed by atoms with Crippen molar-refractivity contribution in [3.8, 4) is 0 Å². The van der Waals surface area contributed by atoms with Crippen LogP contribution in [0.5, 0.6) is 0 Å². The number of nitrogens with zero attached hydrogens (tertiary/aromatic N) is 2. The molecule has 0 fully saturated rings. The molecule has 0 radical (unpaired) electrons. The molecule has 0 aliphatic carbocycles. The lowest BCUT2D eigenvalue weighted by Gasteiger charge is -2.08. The highest BCUT2D eigenvalue weighted by molar-refractivity contribution is 7.99. The van der Waals surface area contributed by atoms with Gasteiger partial charge in [0, 0.05) is 24.2 Å². The van der Waals surface area contributed by atoms with Crippen LogP contribution in [0.4, 0.5) is 0 Å². The van der Waals surface area contributed by atoms with E-state index in [1.807, 2.05) is 44.6 Å². The van der Waals surface area contributed by atoms with E-state index >= 15 is 0 Å². The molecular weight excluding hydrogens is 254 g/mol. The molecule has 90 valence electrons. The van der Waals surface area contributed by atoms with Crippen molar-refractivity contribution >= 4 is 23.4 Å². The molecule has 5 heteroatoms. The molecule has 0 amide bonds. The second-order valence-electron chi connectivity index (χ2n) is 3.93. The first-order valence-corrected chi connectivity index (χ1v) is 6.47. The molecule has 2 aromatic rings. The van der Waals surface area contributed by atoms with Gasteiger partial charge < -0.3 is 5.73 Å². The van der Waals surface area contributed by atoms with E-state index in [0.29, 0.717) is 0 Å². The van der Waals surface area contributed by atoms with Crippen molar-refractivity contribution < 1.29 is 0 Å². The minimum Gasteiger partial charge on any atom is -0.324 e. The number of benzene rings is 1. The molecular formula is C12H14ClN3S. The first-order valence-electron chi connectivity index (χ1n) is 5.28. The van der Waals surface area contributed by atoms with Crippen molar-refractivity contribution in [3.05, 3.63) is 41.2 Å². The molecule has 1 atom stereocenters. The number of hydrogen-bond donors (Lipinski definition) is 1. The van der Waals surface area contributed by atoms with E-state index in [0.717, 1.165) is 20.4 Å². The Bertz CT molecular complexity index is 522. The second-order valence-corrected chi connectivity index (χ2v) is 5.45. The predicted molar refractivity (Wildman–Crippen MR) is 71.4 cm³/mol. The molecule has 1 aromatic carbocycles. The first-order chi connectivity index (χ1) is 8.06. The van der Waals surface area contributed by atoms with Crippen LogP contribution < -0.4 is 5.73 Å². The summed E-state index contributed by atoms with van der Waals surface area (Å²) in [6, 6.07) is 5.93. The SMILES string of the molecule is CC(N)c1ccc(Sc2cnn(C)c2)c(Cl)c1. The van der Waals surface area contributed by atoms with Gasteiger partial charge in [-0.25, -0.2) is 0 Å². The zero-order valence-corrected chi connectivity index (χ0v) is 11.3. The zero-order chi connectivity index (χ0) is 12.4. The summed E-state index contributed by atoms with van der Waals surface area (Å²) >= 11 is 7.83. The summed E-state index contributed by atoms with van der Waals surface area (Å²) in [5.74, 6) is 0. The van der Waals surface area contributed by atoms with Crippen molar-refractivity contribution in [2.24, 2.45) is 12.8 Å². The largest absolute Gasteiger partial charge is 0.324 e. The fourth-order valence-electron chi connectivity index (χ4n) is 1.46. The summed E-state index contributed by atoms with van der Waals surface area (Å²) < 4.78 is 1.77. The van der Waals surface area contributed by atoms with Gasteiger partial charge in [0.25, 0.3) is 0 Å². The number of aromatic nitrogens is 2. The van der Waals surface area contributed by atoms with Crippen molar-refractivity contribution in [1.29, 1.82) is 0 Å². The summed E-state index contributed by atoms with van der Waals surface area (Å²) in [4.78, 5) is 2.09. The molecule has 1 aromatic heterocycles. The number of rotatable bonds is 3. The molecule has 0 saturated heterocycles. The lowest BCUT2D eigenvalue weighted by molar-refractivity contribution is 0.766. The van der Waals surface area contributed by atoms with Crippen molar-refractivity contribution in [3.63, 3.8) is 0 Å². The molecule has 0 bridgehead atoms. The molecule has 0 aliphatic rings. The highest BCUT2D eigenvalue weighted by Crippen LogP contribution is 2.34. The molecule has 0 aliphatic heterocycles. The topological polar surface area (TPSA) is 43.8 Å². The summed E-state index contributed by atoms with van der Waals surface area (Å²) in [6.07, 6.45) is 3.78. The van der Waals surface area contributed by atoms with E-state index in [4.69, 9.17) is 17.3 Å². The average molecular weight is 268 g/mol. The predicted octanol–water partition coefficient (Wildman–Crippen LogP) is 3.24. The summed E-state index contributed by atoms with van der Waals surface area (Å²) in [6.45, 7) is 1.94. The van der Waals surface area contributed by atoms with Crippen LogP contribution in [-0.4, -0.2) is 9.78 Å². The van der Waals surface area contributed by atoms with E-state index in [1.165, 1.54) is 0 Å². The van der Waals surface area contributed by atoms with Crippen LogP contribution in [0.3, 0.4) is 0 Å². The average Bonchev–Trinajstić information content (AvgIpc) is 2.67. The van der Waals surface area contributed by atoms with Crippen LogP contribution in [-0.2, 0) is 7.05 Å². The van der Waals surface area contributed by atoms with Gasteiger partial charge in [-0.1, -0.05) is 29.4 Å². The van der Waals surface area contributed by atoms with E-state index in [9.17, 15) is 0 Å². The molecule has 1 unspecified atom stereocenters. The van der Waals surface area contributed by atoms with Gasteiger partial charge in [0.2, 0.25) is 0 Å². The molecule has 1 heterocycles. The highest BCUT2D eigenvalue weighted by atomic mass is 35.5. The lowest BCUT2D eigenvalue weighted by atomic mass is 10.1. The third kappa shape index (κ3) is 3.03. The van der Waals surface area contributed by atoms with E-state index < -0.39 is 0 Å². The maximum atomic E-state index is 6.23. The molecule has 0 spiro atoms. The number of aryl methyl sites for hydroxylation is 1. The van der Waals surface area contributed by atoms with Gasteiger partial charge >= 0.3 is 0 Å². The fourth-order valence-corrected chi connectivity index (χ4v) is 2.62. The summed E-state index contributed by atoms with van der Waals surface area (Å²) in [7, 11) is 1.89. The Balaban J connectivity index is 2.22. The summed E-state index contributed by atoms with van der Waals surface area (Å²) in [5, 5.41) is 4.85.